The van der Waals surface area contributed by atoms with Crippen molar-refractivity contribution >= 4 is 11.6 Å². The second kappa shape index (κ2) is 19.3. The van der Waals surface area contributed by atoms with Crippen LogP contribution >= 0.6 is 11.6 Å². The Labute approximate surface area is 144 Å². The molecule has 2 nitrogen and oxygen atoms in total. The van der Waals surface area contributed by atoms with Crippen molar-refractivity contribution in [2.75, 3.05) is 25.7 Å². The van der Waals surface area contributed by atoms with E-state index < -0.39 is 0 Å². The minimum Gasteiger partial charge on any atom is -0.381 e. The fourth-order valence-electron chi connectivity index (χ4n) is 2.23. The molecule has 0 N–H and O–H groups in total. The van der Waals surface area contributed by atoms with Crippen molar-refractivity contribution in [1.29, 1.82) is 0 Å². The van der Waals surface area contributed by atoms with Gasteiger partial charge < -0.3 is 9.47 Å². The number of unbranched alkanes of at least 4 members (excludes halogenated alkanes) is 10. The lowest BCUT2D eigenvalue weighted by molar-refractivity contribution is 0.125. The van der Waals surface area contributed by atoms with E-state index in [0.717, 1.165) is 19.8 Å². The van der Waals surface area contributed by atoms with E-state index in [1.165, 1.54) is 77.0 Å². The van der Waals surface area contributed by atoms with E-state index in [4.69, 9.17) is 21.1 Å². The van der Waals surface area contributed by atoms with Gasteiger partial charge in [-0.1, -0.05) is 78.1 Å². The third-order valence-electron chi connectivity index (χ3n) is 3.86. The molecule has 0 aromatic carbocycles. The normalized spacial score (nSPS) is 16.2. The summed E-state index contributed by atoms with van der Waals surface area (Å²) in [6.07, 6.45) is 16.7. The molecule has 1 saturated heterocycles. The van der Waals surface area contributed by atoms with Crippen molar-refractivity contribution in [1.82, 2.24) is 0 Å². The maximum atomic E-state index is 5.65. The summed E-state index contributed by atoms with van der Waals surface area (Å²) in [4.78, 5) is 0. The van der Waals surface area contributed by atoms with Crippen LogP contribution in [0.2, 0.25) is 0 Å². The van der Waals surface area contributed by atoms with Crippen LogP contribution in [0.15, 0.2) is 0 Å². The van der Waals surface area contributed by atoms with Crippen LogP contribution in [0.3, 0.4) is 0 Å². The summed E-state index contributed by atoms with van der Waals surface area (Å²) >= 11 is 5.27. The fourth-order valence-corrected chi connectivity index (χ4v) is 2.41. The average molecular weight is 335 g/mol. The number of hydrogen-bond donors (Lipinski definition) is 0. The highest BCUT2D eigenvalue weighted by Crippen LogP contribution is 2.09. The van der Waals surface area contributed by atoms with Crippen molar-refractivity contribution in [3.63, 3.8) is 0 Å². The van der Waals surface area contributed by atoms with Gasteiger partial charge in [0.1, 0.15) is 0 Å². The molecule has 134 valence electrons. The van der Waals surface area contributed by atoms with E-state index in [2.05, 4.69) is 13.8 Å². The molecule has 0 bridgehead atoms. The summed E-state index contributed by atoms with van der Waals surface area (Å²) in [6.45, 7) is 7.39. The van der Waals surface area contributed by atoms with Gasteiger partial charge in [-0.15, -0.1) is 11.6 Å². The van der Waals surface area contributed by atoms with Crippen LogP contribution in [0.5, 0.6) is 0 Å². The SMILES string of the molecule is CCCCCCCCOCCCCCCCC.ClCC1CO1. The summed E-state index contributed by atoms with van der Waals surface area (Å²) < 4.78 is 10.4. The number of alkyl halides is 1. The highest BCUT2D eigenvalue weighted by molar-refractivity contribution is 6.18. The Morgan fingerprint density at radius 3 is 1.50 bits per heavy atom. The van der Waals surface area contributed by atoms with Crippen LogP contribution in [0, 0.1) is 0 Å². The first-order chi connectivity index (χ1) is 10.8. The van der Waals surface area contributed by atoms with E-state index in [0.29, 0.717) is 12.0 Å². The number of ether oxygens (including phenoxy) is 2. The molecule has 0 saturated carbocycles. The van der Waals surface area contributed by atoms with Crippen LogP contribution in [-0.2, 0) is 9.47 Å². The quantitative estimate of drug-likeness (QED) is 0.198. The van der Waals surface area contributed by atoms with Crippen molar-refractivity contribution in [3.8, 4) is 0 Å². The van der Waals surface area contributed by atoms with Gasteiger partial charge in [-0.3, -0.25) is 0 Å². The molecular formula is C19H39ClO2. The molecule has 1 atom stereocenters. The topological polar surface area (TPSA) is 21.8 Å². The zero-order valence-electron chi connectivity index (χ0n) is 15.1. The minimum absolute atomic E-state index is 0.400. The zero-order chi connectivity index (χ0) is 16.3. The predicted octanol–water partition coefficient (Wildman–Crippen LogP) is 6.35. The molecule has 0 aromatic heterocycles. The molecule has 1 rings (SSSR count). The predicted molar refractivity (Wildman–Crippen MR) is 98.0 cm³/mol. The molecule has 22 heavy (non-hydrogen) atoms. The van der Waals surface area contributed by atoms with Crippen LogP contribution in [0.25, 0.3) is 0 Å². The smallest absolute Gasteiger partial charge is 0.0944 e. The maximum Gasteiger partial charge on any atom is 0.0944 e. The third-order valence-corrected chi connectivity index (χ3v) is 4.20. The van der Waals surface area contributed by atoms with E-state index in [1.54, 1.807) is 0 Å². The van der Waals surface area contributed by atoms with Crippen LogP contribution in [0.1, 0.15) is 90.9 Å². The number of hydrogen-bond acceptors (Lipinski definition) is 2. The largest absolute Gasteiger partial charge is 0.381 e. The van der Waals surface area contributed by atoms with Crippen LogP contribution < -0.4 is 0 Å². The second-order valence-electron chi connectivity index (χ2n) is 6.26. The van der Waals surface area contributed by atoms with E-state index in [9.17, 15) is 0 Å². The Morgan fingerprint density at radius 1 is 0.773 bits per heavy atom. The zero-order valence-corrected chi connectivity index (χ0v) is 15.8. The fraction of sp³-hybridized carbons (Fsp3) is 1.00. The summed E-state index contributed by atoms with van der Waals surface area (Å²) in [6, 6.07) is 0. The molecule has 0 radical (unpaired) electrons. The molecule has 1 fully saturated rings. The lowest BCUT2D eigenvalue weighted by Gasteiger charge is -2.04. The van der Waals surface area contributed by atoms with Crippen LogP contribution in [0.4, 0.5) is 0 Å². The van der Waals surface area contributed by atoms with E-state index in [1.807, 2.05) is 0 Å². The highest BCUT2D eigenvalue weighted by atomic mass is 35.5. The van der Waals surface area contributed by atoms with Gasteiger partial charge in [0.25, 0.3) is 0 Å². The van der Waals surface area contributed by atoms with Gasteiger partial charge in [0.15, 0.2) is 0 Å². The third kappa shape index (κ3) is 20.2. The molecule has 1 heterocycles. The molecule has 0 amide bonds. The molecule has 1 aliphatic rings. The maximum absolute atomic E-state index is 5.65. The van der Waals surface area contributed by atoms with Gasteiger partial charge in [-0.05, 0) is 12.8 Å². The summed E-state index contributed by atoms with van der Waals surface area (Å²) in [5, 5.41) is 0. The minimum atomic E-state index is 0.400. The standard InChI is InChI=1S/C16H34O.C3H5ClO/c1-3-5-7-9-11-13-15-17-16-14-12-10-8-6-4-2;4-1-3-2-5-3/h3-16H2,1-2H3;3H,1-2H2. The van der Waals surface area contributed by atoms with E-state index >= 15 is 0 Å². The Balaban J connectivity index is 0.000000734. The first-order valence-corrected chi connectivity index (χ1v) is 10.1. The van der Waals surface area contributed by atoms with Crippen molar-refractivity contribution in [3.05, 3.63) is 0 Å². The summed E-state index contributed by atoms with van der Waals surface area (Å²) in [5.41, 5.74) is 0. The number of rotatable bonds is 15. The average Bonchev–Trinajstić information content (AvgIpc) is 3.37. The molecule has 1 unspecified atom stereocenters. The van der Waals surface area contributed by atoms with Crippen molar-refractivity contribution in [2.24, 2.45) is 0 Å². The van der Waals surface area contributed by atoms with Gasteiger partial charge in [-0.2, -0.15) is 0 Å². The van der Waals surface area contributed by atoms with Gasteiger partial charge in [0.05, 0.1) is 18.6 Å². The molecule has 0 aromatic rings. The van der Waals surface area contributed by atoms with Crippen molar-refractivity contribution < 1.29 is 9.47 Å². The van der Waals surface area contributed by atoms with Gasteiger partial charge in [-0.25, -0.2) is 0 Å². The molecule has 0 spiro atoms. The number of halogens is 1. The Morgan fingerprint density at radius 2 is 1.18 bits per heavy atom. The van der Waals surface area contributed by atoms with Gasteiger partial charge in [0, 0.05) is 13.2 Å². The molecular weight excluding hydrogens is 296 g/mol. The Kier molecular flexibility index (Phi) is 19.4. The Hall–Kier alpha value is 0.210. The first-order valence-electron chi connectivity index (χ1n) is 9.60. The highest BCUT2D eigenvalue weighted by Gasteiger charge is 2.19. The summed E-state index contributed by atoms with van der Waals surface area (Å²) in [7, 11) is 0. The first kappa shape index (κ1) is 22.2. The van der Waals surface area contributed by atoms with Gasteiger partial charge >= 0.3 is 0 Å². The molecule has 3 heteroatoms. The lowest BCUT2D eigenvalue weighted by Crippen LogP contribution is -1.97. The monoisotopic (exact) mass is 334 g/mol. The lowest BCUT2D eigenvalue weighted by atomic mass is 10.1. The van der Waals surface area contributed by atoms with Crippen molar-refractivity contribution in [2.45, 2.75) is 97.0 Å². The molecule has 0 aliphatic carbocycles. The summed E-state index contributed by atoms with van der Waals surface area (Å²) in [5.74, 6) is 0.667. The van der Waals surface area contributed by atoms with Crippen LogP contribution in [-0.4, -0.2) is 31.8 Å². The second-order valence-corrected chi connectivity index (χ2v) is 6.57. The van der Waals surface area contributed by atoms with E-state index in [-0.39, 0.29) is 0 Å². The molecule has 1 aliphatic heterocycles. The number of epoxide rings is 1. The van der Waals surface area contributed by atoms with Gasteiger partial charge in [0.2, 0.25) is 0 Å². The Bertz CT molecular complexity index is 182.